The van der Waals surface area contributed by atoms with Crippen molar-refractivity contribution in [1.29, 1.82) is 0 Å². The summed E-state index contributed by atoms with van der Waals surface area (Å²) in [5, 5.41) is 2.60. The number of barbiturate groups is 1. The Morgan fingerprint density at radius 2 is 1.83 bits per heavy atom. The molecule has 0 aromatic heterocycles. The van der Waals surface area contributed by atoms with E-state index in [1.54, 1.807) is 49.4 Å². The van der Waals surface area contributed by atoms with Gasteiger partial charge in [0.15, 0.2) is 0 Å². The number of nitrogens with one attached hydrogen (secondary N) is 1. The van der Waals surface area contributed by atoms with E-state index in [2.05, 4.69) is 5.32 Å². The monoisotopic (exact) mass is 492 g/mol. The van der Waals surface area contributed by atoms with Crippen molar-refractivity contribution in [2.24, 2.45) is 0 Å². The Morgan fingerprint density at radius 3 is 2.57 bits per heavy atom. The van der Waals surface area contributed by atoms with Gasteiger partial charge in [0.05, 0.1) is 12.3 Å². The van der Waals surface area contributed by atoms with Crippen LogP contribution in [0.15, 0.2) is 66.2 Å². The molecule has 8 heteroatoms. The molecule has 0 radical (unpaired) electrons. The van der Waals surface area contributed by atoms with E-state index in [0.29, 0.717) is 40.6 Å². The van der Waals surface area contributed by atoms with Crippen LogP contribution in [0.2, 0.25) is 5.02 Å². The smallest absolute Gasteiger partial charge is 0.335 e. The zero-order chi connectivity index (χ0) is 25.1. The summed E-state index contributed by atoms with van der Waals surface area (Å²) in [6.07, 6.45) is 1.85. The third kappa shape index (κ3) is 5.10. The quantitative estimate of drug-likeness (QED) is 0.367. The van der Waals surface area contributed by atoms with E-state index in [4.69, 9.17) is 16.3 Å². The van der Waals surface area contributed by atoms with Crippen molar-refractivity contribution in [2.75, 3.05) is 11.5 Å². The summed E-state index contributed by atoms with van der Waals surface area (Å²) >= 11 is 6.17. The average Bonchev–Trinajstić information content (AvgIpc) is 2.81. The fourth-order valence-corrected chi connectivity index (χ4v) is 4.01. The van der Waals surface area contributed by atoms with Gasteiger partial charge in [-0.15, -0.1) is 0 Å². The SMILES string of the molecule is CCOc1cc(/C=C2\C(=O)NC(=O)N(c3cccc(Cl)c3C)C2=O)ccc1Cc1cccc(F)c1. The average molecular weight is 493 g/mol. The molecule has 0 saturated carbocycles. The maximum atomic E-state index is 13.6. The molecule has 4 amide bonds. The largest absolute Gasteiger partial charge is 0.494 e. The normalized spacial score (nSPS) is 14.9. The number of anilines is 1. The van der Waals surface area contributed by atoms with Crippen molar-refractivity contribution in [3.8, 4) is 5.75 Å². The summed E-state index contributed by atoms with van der Waals surface area (Å²) in [6, 6.07) is 15.6. The van der Waals surface area contributed by atoms with Crippen molar-refractivity contribution >= 4 is 41.2 Å². The highest BCUT2D eigenvalue weighted by Gasteiger charge is 2.37. The van der Waals surface area contributed by atoms with Gasteiger partial charge in [0, 0.05) is 11.4 Å². The Kier molecular flexibility index (Phi) is 6.98. The molecule has 1 aliphatic rings. The van der Waals surface area contributed by atoms with E-state index in [0.717, 1.165) is 16.0 Å². The summed E-state index contributed by atoms with van der Waals surface area (Å²) in [7, 11) is 0. The molecular formula is C27H22ClFN2O4. The topological polar surface area (TPSA) is 75.7 Å². The summed E-state index contributed by atoms with van der Waals surface area (Å²) < 4.78 is 19.4. The number of halogens is 2. The van der Waals surface area contributed by atoms with Gasteiger partial charge in [-0.1, -0.05) is 41.9 Å². The van der Waals surface area contributed by atoms with Crippen molar-refractivity contribution in [3.05, 3.63) is 99.3 Å². The first-order valence-electron chi connectivity index (χ1n) is 10.9. The highest BCUT2D eigenvalue weighted by molar-refractivity contribution is 6.39. The van der Waals surface area contributed by atoms with Crippen LogP contribution >= 0.6 is 11.6 Å². The number of carbonyl (C=O) groups excluding carboxylic acids is 3. The van der Waals surface area contributed by atoms with E-state index in [1.165, 1.54) is 18.2 Å². The number of ether oxygens (including phenoxy) is 1. The molecule has 3 aromatic rings. The molecule has 1 heterocycles. The van der Waals surface area contributed by atoms with E-state index in [-0.39, 0.29) is 11.4 Å². The van der Waals surface area contributed by atoms with E-state index >= 15 is 0 Å². The van der Waals surface area contributed by atoms with Crippen molar-refractivity contribution in [2.45, 2.75) is 20.3 Å². The molecule has 1 aliphatic heterocycles. The van der Waals surface area contributed by atoms with Crippen LogP contribution < -0.4 is 15.0 Å². The van der Waals surface area contributed by atoms with Gasteiger partial charge in [-0.25, -0.2) is 14.1 Å². The third-order valence-electron chi connectivity index (χ3n) is 5.57. The van der Waals surface area contributed by atoms with Gasteiger partial charge >= 0.3 is 6.03 Å². The molecule has 0 bridgehead atoms. The second kappa shape index (κ2) is 10.1. The Bertz CT molecular complexity index is 1370. The summed E-state index contributed by atoms with van der Waals surface area (Å²) in [4.78, 5) is 39.2. The second-order valence-corrected chi connectivity index (χ2v) is 8.36. The van der Waals surface area contributed by atoms with Gasteiger partial charge in [0.1, 0.15) is 17.1 Å². The lowest BCUT2D eigenvalue weighted by molar-refractivity contribution is -0.122. The molecule has 0 spiro atoms. The lowest BCUT2D eigenvalue weighted by atomic mass is 10.0. The predicted octanol–water partition coefficient (Wildman–Crippen LogP) is 5.44. The van der Waals surface area contributed by atoms with Gasteiger partial charge in [-0.2, -0.15) is 0 Å². The number of imide groups is 2. The third-order valence-corrected chi connectivity index (χ3v) is 5.98. The van der Waals surface area contributed by atoms with Crippen LogP contribution in [0.3, 0.4) is 0 Å². The molecule has 0 aliphatic carbocycles. The number of hydrogen-bond donors (Lipinski definition) is 1. The van der Waals surface area contributed by atoms with E-state index in [1.807, 2.05) is 13.0 Å². The number of rotatable bonds is 6. The molecule has 1 N–H and O–H groups in total. The Morgan fingerprint density at radius 1 is 1.06 bits per heavy atom. The number of carbonyl (C=O) groups is 3. The van der Waals surface area contributed by atoms with Crippen LogP contribution in [-0.4, -0.2) is 24.5 Å². The first-order chi connectivity index (χ1) is 16.8. The number of benzene rings is 3. The second-order valence-electron chi connectivity index (χ2n) is 7.95. The molecule has 0 unspecified atom stereocenters. The van der Waals surface area contributed by atoms with Gasteiger partial charge < -0.3 is 4.74 Å². The first kappa shape index (κ1) is 24.2. The molecule has 4 rings (SSSR count). The van der Waals surface area contributed by atoms with E-state index in [9.17, 15) is 18.8 Å². The highest BCUT2D eigenvalue weighted by Crippen LogP contribution is 2.30. The minimum absolute atomic E-state index is 0.204. The minimum Gasteiger partial charge on any atom is -0.494 e. The standard InChI is InChI=1S/C27H22ClFN2O4/c1-3-35-24-15-18(10-11-19(24)12-17-6-4-7-20(29)13-17)14-21-25(32)30-27(34)31(26(21)33)23-9-5-8-22(28)16(23)2/h4-11,13-15H,3,12H2,1-2H3,(H,30,32,34)/b21-14+. The molecular weight excluding hydrogens is 471 g/mol. The van der Waals surface area contributed by atoms with Crippen molar-refractivity contribution in [3.63, 3.8) is 0 Å². The van der Waals surface area contributed by atoms with Gasteiger partial charge in [-0.05, 0) is 72.5 Å². The van der Waals surface area contributed by atoms with Gasteiger partial charge in [0.25, 0.3) is 11.8 Å². The first-order valence-corrected chi connectivity index (χ1v) is 11.3. The Hall–Kier alpha value is -3.97. The minimum atomic E-state index is -0.844. The molecule has 1 fully saturated rings. The van der Waals surface area contributed by atoms with Crippen molar-refractivity contribution < 1.29 is 23.5 Å². The van der Waals surface area contributed by atoms with Gasteiger partial charge in [0.2, 0.25) is 0 Å². The number of nitrogens with zero attached hydrogens (tertiary/aromatic N) is 1. The Labute approximate surface area is 207 Å². The zero-order valence-electron chi connectivity index (χ0n) is 19.1. The molecule has 178 valence electrons. The number of urea groups is 1. The molecule has 35 heavy (non-hydrogen) atoms. The molecule has 3 aromatic carbocycles. The van der Waals surface area contributed by atoms with Crippen LogP contribution in [0.5, 0.6) is 5.75 Å². The van der Waals surface area contributed by atoms with Crippen molar-refractivity contribution in [1.82, 2.24) is 5.32 Å². The van der Waals surface area contributed by atoms with Crippen LogP contribution in [-0.2, 0) is 16.0 Å². The van der Waals surface area contributed by atoms with Crippen LogP contribution in [0.1, 0.15) is 29.2 Å². The highest BCUT2D eigenvalue weighted by atomic mass is 35.5. The summed E-state index contributed by atoms with van der Waals surface area (Å²) in [5.41, 5.74) is 2.76. The van der Waals surface area contributed by atoms with E-state index < -0.39 is 17.8 Å². The summed E-state index contributed by atoms with van der Waals surface area (Å²) in [5.74, 6) is -1.32. The fraction of sp³-hybridized carbons (Fsp3) is 0.148. The molecule has 0 atom stereocenters. The fourth-order valence-electron chi connectivity index (χ4n) is 3.84. The predicted molar refractivity (Wildman–Crippen MR) is 132 cm³/mol. The maximum Gasteiger partial charge on any atom is 0.335 e. The van der Waals surface area contributed by atoms with Crippen LogP contribution in [0, 0.1) is 12.7 Å². The van der Waals surface area contributed by atoms with Crippen LogP contribution in [0.25, 0.3) is 6.08 Å². The Balaban J connectivity index is 1.69. The lowest BCUT2D eigenvalue weighted by Gasteiger charge is -2.27. The van der Waals surface area contributed by atoms with Crippen LogP contribution in [0.4, 0.5) is 14.9 Å². The zero-order valence-corrected chi connectivity index (χ0v) is 19.9. The maximum absolute atomic E-state index is 13.6. The molecule has 1 saturated heterocycles. The van der Waals surface area contributed by atoms with Gasteiger partial charge in [-0.3, -0.25) is 14.9 Å². The number of amides is 4. The lowest BCUT2D eigenvalue weighted by Crippen LogP contribution is -2.54. The molecule has 6 nitrogen and oxygen atoms in total. The number of hydrogen-bond acceptors (Lipinski definition) is 4. The summed E-state index contributed by atoms with van der Waals surface area (Å²) in [6.45, 7) is 3.92.